The number of amides is 1. The molecular weight excluding hydrogens is 328 g/mol. The normalized spacial score (nSPS) is 16.7. The zero-order valence-corrected chi connectivity index (χ0v) is 15.2. The average Bonchev–Trinajstić information content (AvgIpc) is 2.48. The summed E-state index contributed by atoms with van der Waals surface area (Å²) in [4.78, 5) is 26.2. The van der Waals surface area contributed by atoms with Gasteiger partial charge in [-0.1, -0.05) is 11.6 Å². The van der Waals surface area contributed by atoms with E-state index in [0.717, 1.165) is 25.9 Å². The Hall–Kier alpha value is -1.59. The van der Waals surface area contributed by atoms with E-state index in [4.69, 9.17) is 16.3 Å². The van der Waals surface area contributed by atoms with E-state index in [1.54, 1.807) is 24.3 Å². The van der Waals surface area contributed by atoms with Gasteiger partial charge in [0.25, 0.3) is 0 Å². The third kappa shape index (κ3) is 6.13. The number of carbonyl (C=O) groups is 2. The molecule has 0 spiro atoms. The number of piperidine rings is 1. The Kier molecular flexibility index (Phi) is 6.24. The molecular formula is C18H25ClN2O3. The first-order valence-corrected chi connectivity index (χ1v) is 8.61. The van der Waals surface area contributed by atoms with Gasteiger partial charge in [-0.25, -0.2) is 4.79 Å². The molecule has 1 aromatic carbocycles. The SMILES string of the molecule is CC(C)(C)OC(=O)NC1CCN(CC(=O)c2ccc(Cl)cc2)CC1. The summed E-state index contributed by atoms with van der Waals surface area (Å²) >= 11 is 5.84. The van der Waals surface area contributed by atoms with E-state index in [1.165, 1.54) is 0 Å². The second-order valence-electron chi connectivity index (χ2n) is 7.13. The molecule has 1 amide bonds. The summed E-state index contributed by atoms with van der Waals surface area (Å²) < 4.78 is 5.27. The molecule has 0 bridgehead atoms. The average molecular weight is 353 g/mol. The number of nitrogens with zero attached hydrogens (tertiary/aromatic N) is 1. The monoisotopic (exact) mass is 352 g/mol. The van der Waals surface area contributed by atoms with Crippen LogP contribution in [-0.4, -0.2) is 48.1 Å². The molecule has 0 aliphatic carbocycles. The van der Waals surface area contributed by atoms with E-state index in [-0.39, 0.29) is 17.9 Å². The first-order valence-electron chi connectivity index (χ1n) is 8.23. The molecule has 1 N–H and O–H groups in total. The Morgan fingerprint density at radius 3 is 2.33 bits per heavy atom. The Labute approximate surface area is 148 Å². The van der Waals surface area contributed by atoms with Gasteiger partial charge in [-0.15, -0.1) is 0 Å². The van der Waals surface area contributed by atoms with Gasteiger partial charge in [-0.05, 0) is 57.9 Å². The van der Waals surface area contributed by atoms with Gasteiger partial charge in [0.15, 0.2) is 5.78 Å². The minimum atomic E-state index is -0.490. The van der Waals surface area contributed by atoms with Gasteiger partial charge in [0.1, 0.15) is 5.60 Å². The fourth-order valence-corrected chi connectivity index (χ4v) is 2.77. The number of hydrogen-bond acceptors (Lipinski definition) is 4. The van der Waals surface area contributed by atoms with Crippen LogP contribution in [0.1, 0.15) is 44.0 Å². The van der Waals surface area contributed by atoms with Crippen molar-refractivity contribution in [3.63, 3.8) is 0 Å². The molecule has 1 saturated heterocycles. The predicted octanol–water partition coefficient (Wildman–Crippen LogP) is 3.51. The Bertz CT molecular complexity index is 573. The van der Waals surface area contributed by atoms with Gasteiger partial charge >= 0.3 is 6.09 Å². The molecule has 0 atom stereocenters. The predicted molar refractivity (Wildman–Crippen MR) is 94.6 cm³/mol. The van der Waals surface area contributed by atoms with Gasteiger partial charge in [0, 0.05) is 29.7 Å². The van der Waals surface area contributed by atoms with Gasteiger partial charge in [0.2, 0.25) is 0 Å². The maximum absolute atomic E-state index is 12.3. The first-order chi connectivity index (χ1) is 11.2. The lowest BCUT2D eigenvalue weighted by Gasteiger charge is -2.32. The number of halogens is 1. The number of ether oxygens (including phenoxy) is 1. The largest absolute Gasteiger partial charge is 0.444 e. The number of Topliss-reactive ketones (excluding diaryl/α,β-unsaturated/α-hetero) is 1. The summed E-state index contributed by atoms with van der Waals surface area (Å²) in [5.41, 5.74) is 0.184. The molecule has 1 heterocycles. The van der Waals surface area contributed by atoms with Crippen LogP contribution in [0.3, 0.4) is 0 Å². The number of nitrogens with one attached hydrogen (secondary N) is 1. The lowest BCUT2D eigenvalue weighted by molar-refractivity contribution is 0.0476. The highest BCUT2D eigenvalue weighted by atomic mass is 35.5. The van der Waals surface area contributed by atoms with Gasteiger partial charge < -0.3 is 10.1 Å². The number of ketones is 1. The quantitative estimate of drug-likeness (QED) is 0.842. The van der Waals surface area contributed by atoms with Crippen LogP contribution in [0.5, 0.6) is 0 Å². The molecule has 132 valence electrons. The molecule has 1 aliphatic rings. The summed E-state index contributed by atoms with van der Waals surface area (Å²) in [7, 11) is 0. The number of rotatable bonds is 4. The summed E-state index contributed by atoms with van der Waals surface area (Å²) in [6, 6.07) is 7.06. The van der Waals surface area contributed by atoms with E-state index in [2.05, 4.69) is 10.2 Å². The summed E-state index contributed by atoms with van der Waals surface area (Å²) in [5.74, 6) is 0.0882. The smallest absolute Gasteiger partial charge is 0.407 e. The maximum Gasteiger partial charge on any atom is 0.407 e. The third-order valence-corrected chi connectivity index (χ3v) is 4.09. The summed E-state index contributed by atoms with van der Waals surface area (Å²) in [6.45, 7) is 7.48. The maximum atomic E-state index is 12.3. The summed E-state index contributed by atoms with van der Waals surface area (Å²) in [5, 5.41) is 3.53. The lowest BCUT2D eigenvalue weighted by atomic mass is 10.0. The lowest BCUT2D eigenvalue weighted by Crippen LogP contribution is -2.47. The first kappa shape index (κ1) is 18.7. The minimum Gasteiger partial charge on any atom is -0.444 e. The molecule has 2 rings (SSSR count). The van der Waals surface area contributed by atoms with Crippen LogP contribution in [0.15, 0.2) is 24.3 Å². The van der Waals surface area contributed by atoms with E-state index in [1.807, 2.05) is 20.8 Å². The molecule has 0 aromatic heterocycles. The molecule has 0 radical (unpaired) electrons. The number of hydrogen-bond donors (Lipinski definition) is 1. The van der Waals surface area contributed by atoms with E-state index < -0.39 is 5.60 Å². The molecule has 5 nitrogen and oxygen atoms in total. The third-order valence-electron chi connectivity index (χ3n) is 3.84. The Balaban J connectivity index is 1.75. The number of carbonyl (C=O) groups excluding carboxylic acids is 2. The zero-order chi connectivity index (χ0) is 17.7. The molecule has 24 heavy (non-hydrogen) atoms. The molecule has 1 fully saturated rings. The van der Waals surface area contributed by atoms with Gasteiger partial charge in [-0.2, -0.15) is 0 Å². The number of alkyl carbamates (subject to hydrolysis) is 1. The van der Waals surface area contributed by atoms with E-state index in [9.17, 15) is 9.59 Å². The molecule has 6 heteroatoms. The Morgan fingerprint density at radius 2 is 1.79 bits per heavy atom. The van der Waals surface area contributed by atoms with Crippen LogP contribution in [0.4, 0.5) is 4.79 Å². The number of benzene rings is 1. The Morgan fingerprint density at radius 1 is 1.21 bits per heavy atom. The van der Waals surface area contributed by atoms with Crippen molar-refractivity contribution in [2.24, 2.45) is 0 Å². The van der Waals surface area contributed by atoms with Gasteiger partial charge in [-0.3, -0.25) is 9.69 Å². The van der Waals surface area contributed by atoms with Crippen molar-refractivity contribution in [3.05, 3.63) is 34.9 Å². The van der Waals surface area contributed by atoms with Crippen LogP contribution >= 0.6 is 11.6 Å². The highest BCUT2D eigenvalue weighted by molar-refractivity contribution is 6.30. The molecule has 0 unspecified atom stereocenters. The molecule has 0 saturated carbocycles. The zero-order valence-electron chi connectivity index (χ0n) is 14.5. The second kappa shape index (κ2) is 7.99. The van der Waals surface area contributed by atoms with Crippen LogP contribution in [0.25, 0.3) is 0 Å². The topological polar surface area (TPSA) is 58.6 Å². The van der Waals surface area contributed by atoms with Crippen molar-refractivity contribution in [1.29, 1.82) is 0 Å². The van der Waals surface area contributed by atoms with Crippen molar-refractivity contribution < 1.29 is 14.3 Å². The number of likely N-dealkylation sites (tertiary alicyclic amines) is 1. The standard InChI is InChI=1S/C18H25ClN2O3/c1-18(2,3)24-17(23)20-15-8-10-21(11-9-15)12-16(22)13-4-6-14(19)7-5-13/h4-7,15H,8-12H2,1-3H3,(H,20,23). The van der Waals surface area contributed by atoms with Crippen molar-refractivity contribution in [2.45, 2.75) is 45.3 Å². The molecule has 1 aliphatic heterocycles. The van der Waals surface area contributed by atoms with E-state index >= 15 is 0 Å². The van der Waals surface area contributed by atoms with Crippen LogP contribution in [0.2, 0.25) is 5.02 Å². The van der Waals surface area contributed by atoms with Crippen molar-refractivity contribution in [2.75, 3.05) is 19.6 Å². The minimum absolute atomic E-state index is 0.0882. The van der Waals surface area contributed by atoms with E-state index in [0.29, 0.717) is 17.1 Å². The summed E-state index contributed by atoms with van der Waals surface area (Å²) in [6.07, 6.45) is 1.25. The highest BCUT2D eigenvalue weighted by Gasteiger charge is 2.24. The van der Waals surface area contributed by atoms with Crippen molar-refractivity contribution in [3.8, 4) is 0 Å². The second-order valence-corrected chi connectivity index (χ2v) is 7.56. The fraction of sp³-hybridized carbons (Fsp3) is 0.556. The van der Waals surface area contributed by atoms with Crippen LogP contribution in [-0.2, 0) is 4.74 Å². The fourth-order valence-electron chi connectivity index (χ4n) is 2.64. The van der Waals surface area contributed by atoms with Crippen molar-refractivity contribution in [1.82, 2.24) is 10.2 Å². The highest BCUT2D eigenvalue weighted by Crippen LogP contribution is 2.14. The van der Waals surface area contributed by atoms with Crippen LogP contribution < -0.4 is 5.32 Å². The van der Waals surface area contributed by atoms with Crippen molar-refractivity contribution >= 4 is 23.5 Å². The van der Waals surface area contributed by atoms with Gasteiger partial charge in [0.05, 0.1) is 6.54 Å². The molecule has 1 aromatic rings. The van der Waals surface area contributed by atoms with Crippen LogP contribution in [0, 0.1) is 0 Å².